The number of aromatic nitrogens is 1. The highest BCUT2D eigenvalue weighted by Crippen LogP contribution is 2.50. The topological polar surface area (TPSA) is 39.3 Å². The van der Waals surface area contributed by atoms with Gasteiger partial charge in [0.2, 0.25) is 0 Å². The maximum Gasteiger partial charge on any atom is 0.196 e. The third kappa shape index (κ3) is 3.54. The van der Waals surface area contributed by atoms with Gasteiger partial charge in [0.25, 0.3) is 0 Å². The number of rotatable bonds is 3. The van der Waals surface area contributed by atoms with Crippen molar-refractivity contribution in [2.24, 2.45) is 0 Å². The maximum atomic E-state index is 6.88. The van der Waals surface area contributed by atoms with Crippen LogP contribution in [0.1, 0.15) is 41.0 Å². The first-order valence-electron chi connectivity index (χ1n) is 15.6. The highest BCUT2D eigenvalue weighted by molar-refractivity contribution is 6.10. The molecule has 0 amide bonds. The minimum atomic E-state index is -0.317. The van der Waals surface area contributed by atoms with Gasteiger partial charge < -0.3 is 19.0 Å². The second kappa shape index (κ2) is 9.38. The van der Waals surface area contributed by atoms with Crippen LogP contribution in [0, 0.1) is 0 Å². The highest BCUT2D eigenvalue weighted by atomic mass is 16.5. The van der Waals surface area contributed by atoms with Crippen LogP contribution in [0.2, 0.25) is 0 Å². The van der Waals surface area contributed by atoms with Gasteiger partial charge >= 0.3 is 0 Å². The van der Waals surface area contributed by atoms with E-state index >= 15 is 0 Å². The van der Waals surface area contributed by atoms with Crippen LogP contribution in [-0.4, -0.2) is 4.57 Å². The fourth-order valence-corrected chi connectivity index (χ4v) is 7.66. The fraction of sp³-hybridized carbons (Fsp3) is 0.0732. The van der Waals surface area contributed by atoms with Gasteiger partial charge in [-0.3, -0.25) is 0 Å². The zero-order chi connectivity index (χ0) is 29.5. The number of hydrogen-bond donors (Lipinski definition) is 1. The van der Waals surface area contributed by atoms with Crippen LogP contribution in [0.15, 0.2) is 150 Å². The molecule has 0 spiro atoms. The molecule has 1 aliphatic heterocycles. The Morgan fingerprint density at radius 2 is 1.20 bits per heavy atom. The number of furan rings is 1. The van der Waals surface area contributed by atoms with E-state index in [4.69, 9.17) is 9.15 Å². The number of benzene rings is 6. The van der Waals surface area contributed by atoms with Crippen LogP contribution in [-0.2, 0) is 4.74 Å². The Kier molecular flexibility index (Phi) is 5.14. The van der Waals surface area contributed by atoms with Crippen LogP contribution in [0.3, 0.4) is 0 Å². The lowest BCUT2D eigenvalue weighted by Gasteiger charge is -2.22. The first kappa shape index (κ1) is 24.7. The summed E-state index contributed by atoms with van der Waals surface area (Å²) in [5, 5.41) is 9.81. The van der Waals surface area contributed by atoms with Gasteiger partial charge in [0.15, 0.2) is 6.23 Å². The molecule has 6 aromatic carbocycles. The molecule has 2 aromatic heterocycles. The first-order valence-corrected chi connectivity index (χ1v) is 15.6. The molecule has 0 saturated heterocycles. The number of nitrogens with zero attached hydrogens (tertiary/aromatic N) is 1. The smallest absolute Gasteiger partial charge is 0.196 e. The standard InChI is InChI=1S/C41H28N2O2/c1-2-12-25(13-3-1)32-24-37-39(38-31-18-8-11-21-36(31)44-40(32)38)42-41(45-37)30-22-23-35(27-15-5-4-14-26(27)30)43-33-19-9-6-16-28(33)29-17-7-10-20-34(29)43/h1-23,32,41-42H,24H2. The normalized spacial score (nSPS) is 17.5. The van der Waals surface area contributed by atoms with Crippen molar-refractivity contribution < 1.29 is 9.15 Å². The summed E-state index contributed by atoms with van der Waals surface area (Å²) in [6.07, 6.45) is 0.427. The lowest BCUT2D eigenvalue weighted by Crippen LogP contribution is -2.17. The zero-order valence-corrected chi connectivity index (χ0v) is 24.4. The van der Waals surface area contributed by atoms with Crippen LogP contribution in [0.4, 0.5) is 0 Å². The molecule has 10 rings (SSSR count). The van der Waals surface area contributed by atoms with Crippen LogP contribution >= 0.6 is 0 Å². The molecule has 2 aliphatic rings. The lowest BCUT2D eigenvalue weighted by atomic mass is 9.84. The SMILES string of the molecule is c1ccc(C2CC3=C(NC(c4ccc(-n5c6ccccc6c6ccccc65)c5ccccc45)O3)c3c2oc2ccccc32)cc1. The van der Waals surface area contributed by atoms with Gasteiger partial charge in [0.05, 0.1) is 28.0 Å². The molecule has 4 heteroatoms. The third-order valence-electron chi connectivity index (χ3n) is 9.63. The molecule has 0 radical (unpaired) electrons. The first-order chi connectivity index (χ1) is 22.3. The van der Waals surface area contributed by atoms with E-state index in [0.29, 0.717) is 0 Å². The van der Waals surface area contributed by atoms with Crippen molar-refractivity contribution in [1.29, 1.82) is 0 Å². The number of para-hydroxylation sites is 3. The molecule has 0 fully saturated rings. The number of fused-ring (bicyclic) bond motifs is 8. The van der Waals surface area contributed by atoms with Crippen molar-refractivity contribution in [3.63, 3.8) is 0 Å². The monoisotopic (exact) mass is 580 g/mol. The summed E-state index contributed by atoms with van der Waals surface area (Å²) in [6, 6.07) is 49.5. The molecule has 2 atom stereocenters. The Morgan fingerprint density at radius 3 is 1.96 bits per heavy atom. The van der Waals surface area contributed by atoms with Crippen molar-refractivity contribution in [1.82, 2.24) is 9.88 Å². The van der Waals surface area contributed by atoms with Crippen LogP contribution < -0.4 is 5.32 Å². The Bertz CT molecular complexity index is 2430. The molecule has 8 aromatic rings. The average Bonchev–Trinajstić information content (AvgIpc) is 3.80. The van der Waals surface area contributed by atoms with E-state index in [0.717, 1.165) is 51.4 Å². The van der Waals surface area contributed by atoms with Gasteiger partial charge in [-0.1, -0.05) is 115 Å². The number of nitrogens with one attached hydrogen (secondary N) is 1. The Hall–Kier alpha value is -5.74. The summed E-state index contributed by atoms with van der Waals surface area (Å²) in [5.41, 5.74) is 8.99. The molecule has 45 heavy (non-hydrogen) atoms. The van der Waals surface area contributed by atoms with Gasteiger partial charge in [-0.25, -0.2) is 0 Å². The van der Waals surface area contributed by atoms with Crippen molar-refractivity contribution in [2.75, 3.05) is 0 Å². The van der Waals surface area contributed by atoms with E-state index in [1.54, 1.807) is 0 Å². The fourth-order valence-electron chi connectivity index (χ4n) is 7.66. The van der Waals surface area contributed by atoms with E-state index in [2.05, 4.69) is 143 Å². The molecule has 4 nitrogen and oxygen atoms in total. The molecule has 0 bridgehead atoms. The second-order valence-corrected chi connectivity index (χ2v) is 12.0. The van der Waals surface area contributed by atoms with E-state index in [9.17, 15) is 0 Å². The minimum Gasteiger partial charge on any atom is -0.469 e. The highest BCUT2D eigenvalue weighted by Gasteiger charge is 2.40. The van der Waals surface area contributed by atoms with Crippen molar-refractivity contribution in [3.05, 3.63) is 168 Å². The van der Waals surface area contributed by atoms with E-state index in [1.807, 2.05) is 6.07 Å². The Morgan fingerprint density at radius 1 is 0.578 bits per heavy atom. The largest absolute Gasteiger partial charge is 0.469 e. The van der Waals surface area contributed by atoms with Crippen molar-refractivity contribution in [3.8, 4) is 5.69 Å². The van der Waals surface area contributed by atoms with Gasteiger partial charge in [0, 0.05) is 39.4 Å². The molecule has 2 unspecified atom stereocenters. The molecule has 214 valence electrons. The predicted octanol–water partition coefficient (Wildman–Crippen LogP) is 10.2. The van der Waals surface area contributed by atoms with Gasteiger partial charge in [-0.05, 0) is 35.2 Å². The molecule has 1 N–H and O–H groups in total. The maximum absolute atomic E-state index is 6.88. The number of allylic oxidation sites excluding steroid dienone is 1. The molecule has 1 aliphatic carbocycles. The Balaban J connectivity index is 1.12. The van der Waals surface area contributed by atoms with E-state index < -0.39 is 0 Å². The van der Waals surface area contributed by atoms with Crippen molar-refractivity contribution >= 4 is 49.2 Å². The summed E-state index contributed by atoms with van der Waals surface area (Å²) in [7, 11) is 0. The second-order valence-electron chi connectivity index (χ2n) is 12.0. The molecule has 3 heterocycles. The van der Waals surface area contributed by atoms with Crippen LogP contribution in [0.5, 0.6) is 0 Å². The Labute approximate surface area is 259 Å². The molecule has 0 saturated carbocycles. The summed E-state index contributed by atoms with van der Waals surface area (Å²) in [6.45, 7) is 0. The van der Waals surface area contributed by atoms with E-state index in [-0.39, 0.29) is 12.1 Å². The summed E-state index contributed by atoms with van der Waals surface area (Å²) < 4.78 is 15.8. The quantitative estimate of drug-likeness (QED) is 0.226. The minimum absolute atomic E-state index is 0.0855. The molecular formula is C41H28N2O2. The lowest BCUT2D eigenvalue weighted by molar-refractivity contribution is 0.122. The van der Waals surface area contributed by atoms with Crippen molar-refractivity contribution in [2.45, 2.75) is 18.6 Å². The third-order valence-corrected chi connectivity index (χ3v) is 9.63. The molecular weight excluding hydrogens is 552 g/mol. The predicted molar refractivity (Wildman–Crippen MR) is 181 cm³/mol. The van der Waals surface area contributed by atoms with Gasteiger partial charge in [0.1, 0.15) is 17.1 Å². The van der Waals surface area contributed by atoms with Gasteiger partial charge in [-0.15, -0.1) is 0 Å². The summed E-state index contributed by atoms with van der Waals surface area (Å²) in [5.74, 6) is 2.08. The summed E-state index contributed by atoms with van der Waals surface area (Å²) >= 11 is 0. The number of ether oxygens (including phenoxy) is 1. The average molecular weight is 581 g/mol. The zero-order valence-electron chi connectivity index (χ0n) is 24.4. The van der Waals surface area contributed by atoms with Crippen LogP contribution in [0.25, 0.3) is 54.9 Å². The van der Waals surface area contributed by atoms with E-state index in [1.165, 1.54) is 38.1 Å². The number of hydrogen-bond acceptors (Lipinski definition) is 3. The summed E-state index contributed by atoms with van der Waals surface area (Å²) in [4.78, 5) is 0. The van der Waals surface area contributed by atoms with Gasteiger partial charge in [-0.2, -0.15) is 0 Å².